The molecule has 1 atom stereocenters. The number of carbonyl (C=O) groups excluding carboxylic acids is 2. The highest BCUT2D eigenvalue weighted by molar-refractivity contribution is 7.92. The second-order valence-electron chi connectivity index (χ2n) is 11.8. The van der Waals surface area contributed by atoms with E-state index in [2.05, 4.69) is 5.32 Å². The van der Waals surface area contributed by atoms with Crippen LogP contribution in [-0.2, 0) is 32.6 Å². The van der Waals surface area contributed by atoms with Crippen LogP contribution >= 0.6 is 23.2 Å². The molecule has 0 aliphatic heterocycles. The Morgan fingerprint density at radius 3 is 2.13 bits per heavy atom. The molecule has 0 saturated carbocycles. The van der Waals surface area contributed by atoms with E-state index in [-0.39, 0.29) is 35.4 Å². The quantitative estimate of drug-likeness (QED) is 0.162. The largest absolute Gasteiger partial charge is 0.354 e. The summed E-state index contributed by atoms with van der Waals surface area (Å²) in [5.74, 6) is -0.716. The molecule has 4 aromatic carbocycles. The minimum atomic E-state index is -4.23. The molecule has 0 aromatic heterocycles. The Morgan fingerprint density at radius 2 is 1.50 bits per heavy atom. The number of nitrogens with one attached hydrogen (secondary N) is 1. The van der Waals surface area contributed by atoms with Crippen molar-refractivity contribution in [1.82, 2.24) is 10.2 Å². The Kier molecular flexibility index (Phi) is 11.9. The number of rotatable bonds is 13. The van der Waals surface area contributed by atoms with Gasteiger partial charge in [0.1, 0.15) is 12.6 Å². The molecule has 46 heavy (non-hydrogen) atoms. The van der Waals surface area contributed by atoms with Crippen LogP contribution in [0.2, 0.25) is 10.0 Å². The summed E-state index contributed by atoms with van der Waals surface area (Å²) in [5, 5.41) is 3.83. The lowest BCUT2D eigenvalue weighted by molar-refractivity contribution is -0.140. The van der Waals surface area contributed by atoms with Gasteiger partial charge in [0.05, 0.1) is 10.6 Å². The molecule has 242 valence electrons. The van der Waals surface area contributed by atoms with E-state index in [1.54, 1.807) is 42.5 Å². The van der Waals surface area contributed by atoms with E-state index in [4.69, 9.17) is 23.2 Å². The van der Waals surface area contributed by atoms with Crippen molar-refractivity contribution in [2.45, 2.75) is 51.6 Å². The zero-order chi connectivity index (χ0) is 33.4. The molecular formula is C36H39Cl2N3O4S. The first-order chi connectivity index (χ1) is 21.8. The van der Waals surface area contributed by atoms with E-state index in [0.29, 0.717) is 22.2 Å². The van der Waals surface area contributed by atoms with E-state index < -0.39 is 28.5 Å². The van der Waals surface area contributed by atoms with Gasteiger partial charge in [0, 0.05) is 29.6 Å². The number of benzene rings is 4. The summed E-state index contributed by atoms with van der Waals surface area (Å²) in [5.41, 5.74) is 3.43. The third-order valence-electron chi connectivity index (χ3n) is 7.53. The highest BCUT2D eigenvalue weighted by Gasteiger charge is 2.35. The first-order valence-corrected chi connectivity index (χ1v) is 17.3. The van der Waals surface area contributed by atoms with Crippen molar-refractivity contribution in [3.8, 4) is 0 Å². The third-order valence-corrected chi connectivity index (χ3v) is 9.96. The smallest absolute Gasteiger partial charge is 0.264 e. The van der Waals surface area contributed by atoms with Crippen LogP contribution in [0.4, 0.5) is 5.69 Å². The topological polar surface area (TPSA) is 86.8 Å². The molecular weight excluding hydrogens is 641 g/mol. The van der Waals surface area contributed by atoms with Gasteiger partial charge in [0.2, 0.25) is 11.8 Å². The van der Waals surface area contributed by atoms with Crippen LogP contribution in [0, 0.1) is 19.8 Å². The van der Waals surface area contributed by atoms with Crippen LogP contribution in [0.25, 0.3) is 0 Å². The Bertz CT molecular complexity index is 1760. The third kappa shape index (κ3) is 9.12. The number of halogens is 2. The maximum atomic E-state index is 14.5. The maximum absolute atomic E-state index is 14.5. The van der Waals surface area contributed by atoms with Crippen molar-refractivity contribution < 1.29 is 18.0 Å². The molecule has 4 aromatic rings. The monoisotopic (exact) mass is 679 g/mol. The van der Waals surface area contributed by atoms with Gasteiger partial charge in [0.25, 0.3) is 10.0 Å². The Balaban J connectivity index is 1.82. The zero-order valence-corrected chi connectivity index (χ0v) is 28.7. The second-order valence-corrected chi connectivity index (χ2v) is 14.5. The first-order valence-electron chi connectivity index (χ1n) is 15.1. The van der Waals surface area contributed by atoms with Crippen LogP contribution in [-0.4, -0.2) is 44.3 Å². The molecule has 0 aliphatic carbocycles. The average molecular weight is 681 g/mol. The number of aryl methyl sites for hydroxylation is 2. The molecule has 10 heteroatoms. The summed E-state index contributed by atoms with van der Waals surface area (Å²) >= 11 is 12.8. The fourth-order valence-electron chi connectivity index (χ4n) is 4.91. The summed E-state index contributed by atoms with van der Waals surface area (Å²) < 4.78 is 29.4. The number of amides is 2. The molecule has 4 rings (SSSR count). The number of nitrogens with zero attached hydrogens (tertiary/aromatic N) is 2. The molecule has 0 saturated heterocycles. The highest BCUT2D eigenvalue weighted by atomic mass is 35.5. The summed E-state index contributed by atoms with van der Waals surface area (Å²) in [6.45, 7) is 7.52. The highest BCUT2D eigenvalue weighted by Crippen LogP contribution is 2.29. The van der Waals surface area contributed by atoms with E-state index in [1.165, 1.54) is 23.1 Å². The van der Waals surface area contributed by atoms with Gasteiger partial charge in [-0.15, -0.1) is 0 Å². The van der Waals surface area contributed by atoms with Crippen LogP contribution in [0.5, 0.6) is 0 Å². The van der Waals surface area contributed by atoms with Crippen molar-refractivity contribution in [2.24, 2.45) is 5.92 Å². The molecule has 1 N–H and O–H groups in total. The predicted molar refractivity (Wildman–Crippen MR) is 186 cm³/mol. The van der Waals surface area contributed by atoms with Gasteiger partial charge in [-0.25, -0.2) is 8.42 Å². The van der Waals surface area contributed by atoms with Crippen LogP contribution in [0.1, 0.15) is 36.1 Å². The van der Waals surface area contributed by atoms with Crippen LogP contribution in [0.15, 0.2) is 102 Å². The van der Waals surface area contributed by atoms with Crippen molar-refractivity contribution in [1.29, 1.82) is 0 Å². The second kappa shape index (κ2) is 15.6. The summed E-state index contributed by atoms with van der Waals surface area (Å²) in [6, 6.07) is 26.8. The molecule has 2 amide bonds. The minimum absolute atomic E-state index is 0.0269. The summed E-state index contributed by atoms with van der Waals surface area (Å²) in [4.78, 5) is 29.9. The molecule has 0 unspecified atom stereocenters. The van der Waals surface area contributed by atoms with Gasteiger partial charge in [-0.05, 0) is 72.9 Å². The maximum Gasteiger partial charge on any atom is 0.264 e. The number of hydrogen-bond donors (Lipinski definition) is 1. The lowest BCUT2D eigenvalue weighted by Crippen LogP contribution is -2.53. The number of anilines is 1. The molecule has 0 aliphatic rings. The lowest BCUT2D eigenvalue weighted by atomic mass is 10.0. The minimum Gasteiger partial charge on any atom is -0.354 e. The van der Waals surface area contributed by atoms with Gasteiger partial charge in [-0.2, -0.15) is 0 Å². The van der Waals surface area contributed by atoms with Gasteiger partial charge >= 0.3 is 0 Å². The Labute approximate surface area is 282 Å². The Morgan fingerprint density at radius 1 is 0.826 bits per heavy atom. The number of hydrogen-bond acceptors (Lipinski definition) is 4. The van der Waals surface area contributed by atoms with E-state index in [9.17, 15) is 18.0 Å². The van der Waals surface area contributed by atoms with Crippen LogP contribution < -0.4 is 9.62 Å². The number of sulfonamides is 1. The fourth-order valence-corrected chi connectivity index (χ4v) is 6.71. The first kappa shape index (κ1) is 35.0. The average Bonchev–Trinajstić information content (AvgIpc) is 3.02. The zero-order valence-electron chi connectivity index (χ0n) is 26.4. The standard InChI is InChI=1S/C36H39Cl2N3O4S/c1-25(2)22-39-36(43)34(20-28-9-6-5-7-10-28)40(23-29-11-8-12-30(37)19-29)35(42)24-41(31-16-15-27(4)33(38)21-31)46(44,45)32-17-13-26(3)14-18-32/h5-19,21,25,34H,20,22-24H2,1-4H3,(H,39,43)/t34-/m0/s1. The Hall–Kier alpha value is -3.85. The molecule has 7 nitrogen and oxygen atoms in total. The SMILES string of the molecule is Cc1ccc(S(=O)(=O)N(CC(=O)N(Cc2cccc(Cl)c2)[C@@H](Cc2ccccc2)C(=O)NCC(C)C)c2ccc(C)c(Cl)c2)cc1. The summed E-state index contributed by atoms with van der Waals surface area (Å²) in [7, 11) is -4.23. The van der Waals surface area contributed by atoms with E-state index in [1.807, 2.05) is 64.1 Å². The van der Waals surface area contributed by atoms with Crippen LogP contribution in [0.3, 0.4) is 0 Å². The van der Waals surface area contributed by atoms with E-state index >= 15 is 0 Å². The van der Waals surface area contributed by atoms with Crippen molar-refractivity contribution in [2.75, 3.05) is 17.4 Å². The van der Waals surface area contributed by atoms with Crippen molar-refractivity contribution in [3.05, 3.63) is 129 Å². The van der Waals surface area contributed by atoms with Gasteiger partial charge in [0.15, 0.2) is 0 Å². The van der Waals surface area contributed by atoms with Gasteiger partial charge in [-0.1, -0.05) is 103 Å². The molecule has 0 radical (unpaired) electrons. The molecule has 0 fully saturated rings. The molecule has 0 heterocycles. The predicted octanol–water partition coefficient (Wildman–Crippen LogP) is 7.22. The number of carbonyl (C=O) groups is 2. The van der Waals surface area contributed by atoms with E-state index in [0.717, 1.165) is 21.0 Å². The van der Waals surface area contributed by atoms with Gasteiger partial charge in [-0.3, -0.25) is 13.9 Å². The normalized spacial score (nSPS) is 12.1. The molecule has 0 spiro atoms. The van der Waals surface area contributed by atoms with Crippen molar-refractivity contribution in [3.63, 3.8) is 0 Å². The van der Waals surface area contributed by atoms with Gasteiger partial charge < -0.3 is 10.2 Å². The van der Waals surface area contributed by atoms with Crippen molar-refractivity contribution >= 4 is 50.7 Å². The lowest BCUT2D eigenvalue weighted by Gasteiger charge is -2.34. The summed E-state index contributed by atoms with van der Waals surface area (Å²) in [6.07, 6.45) is 0.220. The molecule has 0 bridgehead atoms. The fraction of sp³-hybridized carbons (Fsp3) is 0.278.